The number of hydrogen-bond acceptors (Lipinski definition) is 4. The van der Waals surface area contributed by atoms with Gasteiger partial charge in [-0.25, -0.2) is 17.4 Å². The SMILES string of the molecule is CS(=O)(=O)N1CCC(NC(=O)c2ccnn2-c2ccccc2)CC1. The molecule has 1 aliphatic rings. The van der Waals surface area contributed by atoms with Crippen molar-refractivity contribution in [3.8, 4) is 5.69 Å². The van der Waals surface area contributed by atoms with Gasteiger partial charge in [-0.15, -0.1) is 0 Å². The van der Waals surface area contributed by atoms with Crippen molar-refractivity contribution in [2.24, 2.45) is 0 Å². The van der Waals surface area contributed by atoms with Gasteiger partial charge < -0.3 is 5.32 Å². The number of benzene rings is 1. The van der Waals surface area contributed by atoms with E-state index in [9.17, 15) is 13.2 Å². The number of carbonyl (C=O) groups is 1. The molecule has 1 aromatic heterocycles. The summed E-state index contributed by atoms with van der Waals surface area (Å²) in [5.74, 6) is -0.200. The van der Waals surface area contributed by atoms with Crippen molar-refractivity contribution in [2.75, 3.05) is 19.3 Å². The summed E-state index contributed by atoms with van der Waals surface area (Å²) in [6.07, 6.45) is 4.02. The van der Waals surface area contributed by atoms with Crippen molar-refractivity contribution < 1.29 is 13.2 Å². The van der Waals surface area contributed by atoms with Gasteiger partial charge in [-0.2, -0.15) is 5.10 Å². The van der Waals surface area contributed by atoms with Crippen LogP contribution in [-0.2, 0) is 10.0 Å². The summed E-state index contributed by atoms with van der Waals surface area (Å²) in [4.78, 5) is 12.5. The van der Waals surface area contributed by atoms with Crippen molar-refractivity contribution in [3.05, 3.63) is 48.3 Å². The highest BCUT2D eigenvalue weighted by molar-refractivity contribution is 7.88. The summed E-state index contributed by atoms with van der Waals surface area (Å²) in [6, 6.07) is 11.1. The maximum Gasteiger partial charge on any atom is 0.270 e. The average Bonchev–Trinajstić information content (AvgIpc) is 3.05. The largest absolute Gasteiger partial charge is 0.348 e. The molecule has 24 heavy (non-hydrogen) atoms. The molecule has 1 aliphatic heterocycles. The van der Waals surface area contributed by atoms with E-state index in [2.05, 4.69) is 10.4 Å². The van der Waals surface area contributed by atoms with Crippen LogP contribution in [-0.4, -0.2) is 53.8 Å². The summed E-state index contributed by atoms with van der Waals surface area (Å²) in [6.45, 7) is 0.865. The first-order valence-corrected chi connectivity index (χ1v) is 9.65. The Morgan fingerprint density at radius 3 is 2.46 bits per heavy atom. The van der Waals surface area contributed by atoms with E-state index in [1.54, 1.807) is 16.9 Å². The maximum absolute atomic E-state index is 12.5. The van der Waals surface area contributed by atoms with Crippen molar-refractivity contribution in [1.29, 1.82) is 0 Å². The molecule has 1 amide bonds. The van der Waals surface area contributed by atoms with Crippen LogP contribution in [0.15, 0.2) is 42.6 Å². The molecule has 2 aromatic rings. The van der Waals surface area contributed by atoms with Crippen LogP contribution in [0.4, 0.5) is 0 Å². The van der Waals surface area contributed by atoms with E-state index in [-0.39, 0.29) is 11.9 Å². The fourth-order valence-corrected chi connectivity index (χ4v) is 3.72. The molecule has 0 atom stereocenters. The molecule has 0 bridgehead atoms. The average molecular weight is 348 g/mol. The second kappa shape index (κ2) is 6.74. The van der Waals surface area contributed by atoms with E-state index in [4.69, 9.17) is 0 Å². The Hall–Kier alpha value is -2.19. The van der Waals surface area contributed by atoms with Crippen molar-refractivity contribution in [2.45, 2.75) is 18.9 Å². The lowest BCUT2D eigenvalue weighted by molar-refractivity contribution is 0.0916. The van der Waals surface area contributed by atoms with Gasteiger partial charge in [0.05, 0.1) is 18.1 Å². The molecule has 7 nitrogen and oxygen atoms in total. The van der Waals surface area contributed by atoms with Crippen LogP contribution in [0.3, 0.4) is 0 Å². The predicted octanol–water partition coefficient (Wildman–Crippen LogP) is 1.03. The molecule has 0 saturated carbocycles. The van der Waals surface area contributed by atoms with Gasteiger partial charge in [-0.1, -0.05) is 18.2 Å². The van der Waals surface area contributed by atoms with Crippen molar-refractivity contribution in [3.63, 3.8) is 0 Å². The zero-order valence-corrected chi connectivity index (χ0v) is 14.2. The molecule has 1 aromatic carbocycles. The summed E-state index contributed by atoms with van der Waals surface area (Å²) < 4.78 is 26.1. The van der Waals surface area contributed by atoms with Gasteiger partial charge in [0.2, 0.25) is 10.0 Å². The molecule has 0 unspecified atom stereocenters. The second-order valence-electron chi connectivity index (χ2n) is 5.87. The smallest absolute Gasteiger partial charge is 0.270 e. The number of carbonyl (C=O) groups excluding carboxylic acids is 1. The number of aromatic nitrogens is 2. The van der Waals surface area contributed by atoms with Crippen LogP contribution in [0.2, 0.25) is 0 Å². The molecule has 3 rings (SSSR count). The lowest BCUT2D eigenvalue weighted by Gasteiger charge is -2.30. The molecule has 0 spiro atoms. The molecule has 128 valence electrons. The first-order chi connectivity index (χ1) is 11.4. The van der Waals surface area contributed by atoms with Gasteiger partial charge in [0.25, 0.3) is 5.91 Å². The highest BCUT2D eigenvalue weighted by Crippen LogP contribution is 2.15. The topological polar surface area (TPSA) is 84.3 Å². The fourth-order valence-electron chi connectivity index (χ4n) is 2.84. The molecule has 1 fully saturated rings. The van der Waals surface area contributed by atoms with Gasteiger partial charge in [0.15, 0.2) is 0 Å². The van der Waals surface area contributed by atoms with Gasteiger partial charge in [0.1, 0.15) is 5.69 Å². The Morgan fingerprint density at radius 1 is 1.17 bits per heavy atom. The van der Waals surface area contributed by atoms with Gasteiger partial charge in [-0.3, -0.25) is 4.79 Å². The van der Waals surface area contributed by atoms with Crippen molar-refractivity contribution >= 4 is 15.9 Å². The lowest BCUT2D eigenvalue weighted by atomic mass is 10.1. The van der Waals surface area contributed by atoms with E-state index in [1.165, 1.54) is 10.6 Å². The van der Waals surface area contributed by atoms with E-state index >= 15 is 0 Å². The van der Waals surface area contributed by atoms with E-state index in [0.29, 0.717) is 31.6 Å². The number of para-hydroxylation sites is 1. The Balaban J connectivity index is 1.66. The zero-order chi connectivity index (χ0) is 17.2. The van der Waals surface area contributed by atoms with Crippen LogP contribution >= 0.6 is 0 Å². The number of nitrogens with one attached hydrogen (secondary N) is 1. The van der Waals surface area contributed by atoms with E-state index in [0.717, 1.165) is 5.69 Å². The van der Waals surface area contributed by atoms with Gasteiger partial charge in [-0.05, 0) is 31.0 Å². The maximum atomic E-state index is 12.5. The molecule has 8 heteroatoms. The summed E-state index contributed by atoms with van der Waals surface area (Å²) >= 11 is 0. The number of piperidine rings is 1. The third-order valence-corrected chi connectivity index (χ3v) is 5.44. The molecule has 1 saturated heterocycles. The van der Waals surface area contributed by atoms with Gasteiger partial charge >= 0.3 is 0 Å². The fraction of sp³-hybridized carbons (Fsp3) is 0.375. The van der Waals surface area contributed by atoms with Gasteiger partial charge in [0, 0.05) is 19.1 Å². The lowest BCUT2D eigenvalue weighted by Crippen LogP contribution is -2.46. The minimum Gasteiger partial charge on any atom is -0.348 e. The normalized spacial score (nSPS) is 16.9. The molecule has 0 radical (unpaired) electrons. The Kier molecular flexibility index (Phi) is 4.68. The first-order valence-electron chi connectivity index (χ1n) is 7.80. The number of sulfonamides is 1. The van der Waals surface area contributed by atoms with Crippen LogP contribution in [0.5, 0.6) is 0 Å². The van der Waals surface area contributed by atoms with E-state index in [1.807, 2.05) is 30.3 Å². The van der Waals surface area contributed by atoms with Crippen LogP contribution < -0.4 is 5.32 Å². The van der Waals surface area contributed by atoms with Crippen LogP contribution in [0, 0.1) is 0 Å². The number of rotatable bonds is 4. The number of nitrogens with zero attached hydrogens (tertiary/aromatic N) is 3. The third-order valence-electron chi connectivity index (χ3n) is 4.13. The second-order valence-corrected chi connectivity index (χ2v) is 7.86. The minimum absolute atomic E-state index is 0.0328. The van der Waals surface area contributed by atoms with E-state index < -0.39 is 10.0 Å². The van der Waals surface area contributed by atoms with Crippen LogP contribution in [0.25, 0.3) is 5.69 Å². The Morgan fingerprint density at radius 2 is 1.83 bits per heavy atom. The Labute approximate surface area is 141 Å². The molecule has 2 heterocycles. The number of hydrogen-bond donors (Lipinski definition) is 1. The molecule has 1 N–H and O–H groups in total. The summed E-state index contributed by atoms with van der Waals surface area (Å²) in [5, 5.41) is 7.20. The third kappa shape index (κ3) is 3.65. The monoisotopic (exact) mass is 348 g/mol. The van der Waals surface area contributed by atoms with Crippen molar-refractivity contribution in [1.82, 2.24) is 19.4 Å². The number of amides is 1. The standard InChI is InChI=1S/C16H20N4O3S/c1-24(22,23)19-11-8-13(9-12-19)18-16(21)15-7-10-17-20(15)14-5-3-2-4-6-14/h2-7,10,13H,8-9,11-12H2,1H3,(H,18,21). The first kappa shape index (κ1) is 16.7. The molecule has 0 aliphatic carbocycles. The minimum atomic E-state index is -3.16. The quantitative estimate of drug-likeness (QED) is 0.894. The Bertz CT molecular complexity index is 809. The molecular weight excluding hydrogens is 328 g/mol. The summed E-state index contributed by atoms with van der Waals surface area (Å²) in [5.41, 5.74) is 1.28. The summed E-state index contributed by atoms with van der Waals surface area (Å²) in [7, 11) is -3.16. The highest BCUT2D eigenvalue weighted by atomic mass is 32.2. The zero-order valence-electron chi connectivity index (χ0n) is 13.4. The predicted molar refractivity (Wildman–Crippen MR) is 90.5 cm³/mol. The van der Waals surface area contributed by atoms with Crippen LogP contribution in [0.1, 0.15) is 23.3 Å². The molecular formula is C16H20N4O3S. The highest BCUT2D eigenvalue weighted by Gasteiger charge is 2.26.